The van der Waals surface area contributed by atoms with Crippen LogP contribution < -0.4 is 0 Å². The van der Waals surface area contributed by atoms with Gasteiger partial charge in [-0.3, -0.25) is 4.79 Å². The third-order valence-electron chi connectivity index (χ3n) is 3.45. The summed E-state index contributed by atoms with van der Waals surface area (Å²) in [6, 6.07) is 0.307. The van der Waals surface area contributed by atoms with E-state index in [2.05, 4.69) is 4.98 Å². The first-order valence-electron chi connectivity index (χ1n) is 6.44. The van der Waals surface area contributed by atoms with E-state index < -0.39 is 0 Å². The summed E-state index contributed by atoms with van der Waals surface area (Å²) >= 11 is 5.81. The number of carbonyl (C=O) groups excluding carboxylic acids is 1. The van der Waals surface area contributed by atoms with Crippen molar-refractivity contribution in [3.05, 3.63) is 17.3 Å². The van der Waals surface area contributed by atoms with Crippen LogP contribution in [0.1, 0.15) is 47.8 Å². The quantitative estimate of drug-likeness (QED) is 0.791. The zero-order valence-corrected chi connectivity index (χ0v) is 11.7. The van der Waals surface area contributed by atoms with Crippen molar-refractivity contribution in [2.24, 2.45) is 0 Å². The SMILES string of the molecule is Cc1nc(C)c(C(=O)N(CCCl)C2CCCC2)o1. The van der Waals surface area contributed by atoms with Crippen LogP contribution in [0, 0.1) is 13.8 Å². The molecule has 1 aromatic heterocycles. The summed E-state index contributed by atoms with van der Waals surface area (Å²) in [5.41, 5.74) is 0.662. The lowest BCUT2D eigenvalue weighted by molar-refractivity contribution is 0.0660. The van der Waals surface area contributed by atoms with Crippen LogP contribution in [-0.2, 0) is 0 Å². The Bertz CT molecular complexity index is 425. The van der Waals surface area contributed by atoms with Crippen LogP contribution in [-0.4, -0.2) is 34.3 Å². The summed E-state index contributed by atoms with van der Waals surface area (Å²) in [4.78, 5) is 18.5. The van der Waals surface area contributed by atoms with E-state index in [-0.39, 0.29) is 5.91 Å². The van der Waals surface area contributed by atoms with Gasteiger partial charge in [0.05, 0.1) is 5.69 Å². The Morgan fingerprint density at radius 3 is 2.61 bits per heavy atom. The molecule has 0 aliphatic heterocycles. The minimum Gasteiger partial charge on any atom is -0.436 e. The normalized spacial score (nSPS) is 16.2. The highest BCUT2D eigenvalue weighted by molar-refractivity contribution is 6.18. The Balaban J connectivity index is 2.19. The maximum atomic E-state index is 12.5. The smallest absolute Gasteiger partial charge is 0.291 e. The average molecular weight is 271 g/mol. The number of halogens is 1. The lowest BCUT2D eigenvalue weighted by atomic mass is 10.2. The molecule has 1 fully saturated rings. The summed E-state index contributed by atoms with van der Waals surface area (Å²) in [5, 5.41) is 0. The molecule has 0 atom stereocenters. The number of oxazole rings is 1. The molecule has 0 N–H and O–H groups in total. The summed E-state index contributed by atoms with van der Waals surface area (Å²) in [6.07, 6.45) is 4.50. The third-order valence-corrected chi connectivity index (χ3v) is 3.62. The molecular formula is C13H19ClN2O2. The van der Waals surface area contributed by atoms with Gasteiger partial charge in [-0.05, 0) is 19.8 Å². The first-order chi connectivity index (χ1) is 8.63. The minimum atomic E-state index is -0.0688. The molecule has 1 heterocycles. The first kappa shape index (κ1) is 13.4. The first-order valence-corrected chi connectivity index (χ1v) is 6.98. The van der Waals surface area contributed by atoms with Crippen LogP contribution in [0.4, 0.5) is 0 Å². The standard InChI is InChI=1S/C13H19ClN2O2/c1-9-12(18-10(2)15-9)13(17)16(8-7-14)11-5-3-4-6-11/h11H,3-8H2,1-2H3. The molecule has 0 bridgehead atoms. The second-order valence-electron chi connectivity index (χ2n) is 4.77. The number of hydrogen-bond acceptors (Lipinski definition) is 3. The zero-order valence-electron chi connectivity index (χ0n) is 10.9. The van der Waals surface area contributed by atoms with Crippen LogP contribution in [0.5, 0.6) is 0 Å². The molecular weight excluding hydrogens is 252 g/mol. The number of amides is 1. The van der Waals surface area contributed by atoms with Crippen LogP contribution >= 0.6 is 11.6 Å². The summed E-state index contributed by atoms with van der Waals surface area (Å²) in [7, 11) is 0. The van der Waals surface area contributed by atoms with Gasteiger partial charge in [0.15, 0.2) is 5.89 Å². The Morgan fingerprint density at radius 2 is 2.11 bits per heavy atom. The third kappa shape index (κ3) is 2.69. The zero-order chi connectivity index (χ0) is 13.1. The number of rotatable bonds is 4. The van der Waals surface area contributed by atoms with Gasteiger partial charge in [0.1, 0.15) is 0 Å². The monoisotopic (exact) mass is 270 g/mol. The van der Waals surface area contributed by atoms with Crippen molar-refractivity contribution in [2.75, 3.05) is 12.4 Å². The van der Waals surface area contributed by atoms with Crippen LogP contribution in [0.15, 0.2) is 4.42 Å². The van der Waals surface area contributed by atoms with E-state index in [1.54, 1.807) is 13.8 Å². The maximum absolute atomic E-state index is 12.5. The van der Waals surface area contributed by atoms with Crippen LogP contribution in [0.25, 0.3) is 0 Å². The average Bonchev–Trinajstić information content (AvgIpc) is 2.95. The van der Waals surface area contributed by atoms with Crippen molar-refractivity contribution in [3.63, 3.8) is 0 Å². The van der Waals surface area contributed by atoms with Crippen molar-refractivity contribution < 1.29 is 9.21 Å². The van der Waals surface area contributed by atoms with Crippen molar-refractivity contribution in [2.45, 2.75) is 45.6 Å². The number of nitrogens with zero attached hydrogens (tertiary/aromatic N) is 2. The van der Waals surface area contributed by atoms with E-state index in [1.807, 2.05) is 4.90 Å². The van der Waals surface area contributed by atoms with Crippen LogP contribution in [0.3, 0.4) is 0 Å². The molecule has 1 aromatic rings. The molecule has 18 heavy (non-hydrogen) atoms. The Morgan fingerprint density at radius 1 is 1.44 bits per heavy atom. The van der Waals surface area contributed by atoms with E-state index in [9.17, 15) is 4.79 Å². The summed E-state index contributed by atoms with van der Waals surface area (Å²) in [6.45, 7) is 4.13. The molecule has 5 heteroatoms. The predicted octanol–water partition coefficient (Wildman–Crippen LogP) is 2.92. The molecule has 100 valence electrons. The molecule has 1 aliphatic rings. The fraction of sp³-hybridized carbons (Fsp3) is 0.692. The van der Waals surface area contributed by atoms with Crippen LogP contribution in [0.2, 0.25) is 0 Å². The molecule has 1 saturated carbocycles. The van der Waals surface area contributed by atoms with Gasteiger partial charge >= 0.3 is 0 Å². The molecule has 0 unspecified atom stereocenters. The molecule has 0 spiro atoms. The van der Waals surface area contributed by atoms with Gasteiger partial charge in [-0.1, -0.05) is 12.8 Å². The Kier molecular flexibility index (Phi) is 4.27. The second kappa shape index (κ2) is 5.74. The van der Waals surface area contributed by atoms with Crippen molar-refractivity contribution >= 4 is 17.5 Å². The lowest BCUT2D eigenvalue weighted by Crippen LogP contribution is -2.40. The van der Waals surface area contributed by atoms with E-state index in [4.69, 9.17) is 16.0 Å². The molecule has 2 rings (SSSR count). The maximum Gasteiger partial charge on any atom is 0.291 e. The fourth-order valence-electron chi connectivity index (χ4n) is 2.62. The van der Waals surface area contributed by atoms with E-state index in [0.717, 1.165) is 12.8 Å². The minimum absolute atomic E-state index is 0.0688. The summed E-state index contributed by atoms with van der Waals surface area (Å²) < 4.78 is 5.42. The highest BCUT2D eigenvalue weighted by Gasteiger charge is 2.30. The second-order valence-corrected chi connectivity index (χ2v) is 5.15. The number of hydrogen-bond donors (Lipinski definition) is 0. The molecule has 0 saturated heterocycles. The highest BCUT2D eigenvalue weighted by Crippen LogP contribution is 2.25. The summed E-state index contributed by atoms with van der Waals surface area (Å²) in [5.74, 6) is 1.28. The van der Waals surface area contributed by atoms with Gasteiger partial charge in [-0.2, -0.15) is 0 Å². The van der Waals surface area contributed by atoms with E-state index >= 15 is 0 Å². The van der Waals surface area contributed by atoms with Crippen molar-refractivity contribution in [1.29, 1.82) is 0 Å². The fourth-order valence-corrected chi connectivity index (χ4v) is 2.80. The van der Waals surface area contributed by atoms with Gasteiger partial charge in [-0.25, -0.2) is 4.98 Å². The van der Waals surface area contributed by atoms with Crippen molar-refractivity contribution in [3.8, 4) is 0 Å². The van der Waals surface area contributed by atoms with E-state index in [0.29, 0.717) is 35.8 Å². The topological polar surface area (TPSA) is 46.3 Å². The number of carbonyl (C=O) groups is 1. The van der Waals surface area contributed by atoms with Gasteiger partial charge in [0.25, 0.3) is 5.91 Å². The predicted molar refractivity (Wildman–Crippen MR) is 70.0 cm³/mol. The van der Waals surface area contributed by atoms with Gasteiger partial charge in [0.2, 0.25) is 5.76 Å². The number of aryl methyl sites for hydroxylation is 2. The number of aromatic nitrogens is 1. The van der Waals surface area contributed by atoms with Gasteiger partial charge in [-0.15, -0.1) is 11.6 Å². The Hall–Kier alpha value is -1.03. The largest absolute Gasteiger partial charge is 0.436 e. The Labute approximate surface area is 112 Å². The molecule has 0 radical (unpaired) electrons. The molecule has 1 aliphatic carbocycles. The molecule has 0 aromatic carbocycles. The van der Waals surface area contributed by atoms with Gasteiger partial charge in [0, 0.05) is 25.4 Å². The molecule has 1 amide bonds. The van der Waals surface area contributed by atoms with Gasteiger partial charge < -0.3 is 9.32 Å². The lowest BCUT2D eigenvalue weighted by Gasteiger charge is -2.27. The highest BCUT2D eigenvalue weighted by atomic mass is 35.5. The molecule has 4 nitrogen and oxygen atoms in total. The number of alkyl halides is 1. The van der Waals surface area contributed by atoms with E-state index in [1.165, 1.54) is 12.8 Å². The van der Waals surface area contributed by atoms with Crippen molar-refractivity contribution in [1.82, 2.24) is 9.88 Å².